The molecule has 0 saturated heterocycles. The molecule has 0 fully saturated rings. The van der Waals surface area contributed by atoms with Crippen LogP contribution in [0, 0.1) is 35.5 Å². The van der Waals surface area contributed by atoms with E-state index in [9.17, 15) is 0 Å². The van der Waals surface area contributed by atoms with E-state index in [2.05, 4.69) is 92.7 Å². The maximum atomic E-state index is 7.01. The molecular weight excluding hydrogens is 707 g/mol. The van der Waals surface area contributed by atoms with Gasteiger partial charge in [-0.25, -0.2) is 0 Å². The molecule has 48 heavy (non-hydrogen) atoms. The topological polar surface area (TPSA) is 0 Å². The Bertz CT molecular complexity index is 1570. The van der Waals surface area contributed by atoms with Crippen LogP contribution < -0.4 is 0 Å². The number of aryl methyl sites for hydroxylation is 3. The van der Waals surface area contributed by atoms with Crippen molar-refractivity contribution in [3.05, 3.63) is 97.4 Å². The van der Waals surface area contributed by atoms with E-state index in [0.29, 0.717) is 31.8 Å². The fourth-order valence-electron chi connectivity index (χ4n) is 5.28. The molecule has 0 amide bonds. The molecule has 0 bridgehead atoms. The van der Waals surface area contributed by atoms with Gasteiger partial charge in [0.15, 0.2) is 0 Å². The molecule has 4 aromatic rings. The highest BCUT2D eigenvalue weighted by molar-refractivity contribution is 7.13. The molecule has 3 aromatic heterocycles. The lowest BCUT2D eigenvalue weighted by Gasteiger charge is -2.09. The molecule has 4 rings (SSSR count). The summed E-state index contributed by atoms with van der Waals surface area (Å²) >= 11 is 26.2. The molecule has 0 unspecified atom stereocenters. The lowest BCUT2D eigenvalue weighted by atomic mass is 10.0. The Labute approximate surface area is 316 Å². The van der Waals surface area contributed by atoms with Crippen LogP contribution in [0.4, 0.5) is 0 Å². The van der Waals surface area contributed by atoms with Crippen molar-refractivity contribution in [3.8, 4) is 35.5 Å². The van der Waals surface area contributed by atoms with E-state index >= 15 is 0 Å². The third-order valence-electron chi connectivity index (χ3n) is 8.06. The van der Waals surface area contributed by atoms with Gasteiger partial charge in [0.2, 0.25) is 0 Å². The highest BCUT2D eigenvalue weighted by atomic mass is 35.5. The Balaban J connectivity index is 1.65. The van der Waals surface area contributed by atoms with E-state index in [4.69, 9.17) is 34.8 Å². The number of hydrogen-bond acceptors (Lipinski definition) is 3. The van der Waals surface area contributed by atoms with Crippen molar-refractivity contribution in [2.75, 3.05) is 0 Å². The molecule has 0 saturated carbocycles. The Morgan fingerprint density at radius 1 is 0.396 bits per heavy atom. The van der Waals surface area contributed by atoms with Crippen molar-refractivity contribution in [2.45, 2.75) is 117 Å². The molecule has 6 heteroatoms. The quantitative estimate of drug-likeness (QED) is 0.0838. The number of rotatable bonds is 15. The van der Waals surface area contributed by atoms with Crippen molar-refractivity contribution < 1.29 is 0 Å². The van der Waals surface area contributed by atoms with Crippen LogP contribution in [0.2, 0.25) is 15.1 Å². The second-order valence-corrected chi connectivity index (χ2v) is 16.7. The van der Waals surface area contributed by atoms with Gasteiger partial charge in [0.25, 0.3) is 0 Å². The van der Waals surface area contributed by atoms with Crippen LogP contribution in [-0.2, 0) is 19.3 Å². The molecule has 0 nitrogen and oxygen atoms in total. The highest BCUT2D eigenvalue weighted by Gasteiger charge is 2.19. The molecule has 252 valence electrons. The first-order valence-corrected chi connectivity index (χ1v) is 21.0. The molecule has 1 aromatic carbocycles. The molecule has 0 spiro atoms. The maximum absolute atomic E-state index is 7.01. The zero-order valence-corrected chi connectivity index (χ0v) is 33.1. The Morgan fingerprint density at radius 3 is 0.958 bits per heavy atom. The zero-order chi connectivity index (χ0) is 34.1. The summed E-state index contributed by atoms with van der Waals surface area (Å²) in [6.45, 7) is 6.72. The van der Waals surface area contributed by atoms with Gasteiger partial charge in [-0.2, -0.15) is 0 Å². The molecule has 0 aliphatic carbocycles. The van der Waals surface area contributed by atoms with Gasteiger partial charge in [0, 0.05) is 14.6 Å². The average Bonchev–Trinajstić information content (AvgIpc) is 3.85. The van der Waals surface area contributed by atoms with Crippen molar-refractivity contribution in [3.63, 3.8) is 0 Å². The normalized spacial score (nSPS) is 10.6. The molecule has 0 N–H and O–H groups in total. The van der Waals surface area contributed by atoms with Gasteiger partial charge in [0.05, 0.1) is 46.4 Å². The third-order valence-corrected chi connectivity index (χ3v) is 12.4. The fourth-order valence-corrected chi connectivity index (χ4v) is 8.99. The second-order valence-electron chi connectivity index (χ2n) is 12.0. The third kappa shape index (κ3) is 12.0. The number of benzene rings is 1. The first-order chi connectivity index (χ1) is 23.4. The largest absolute Gasteiger partial charge is 0.132 e. The second kappa shape index (κ2) is 21.2. The average molecular weight is 752 g/mol. The van der Waals surface area contributed by atoms with Crippen LogP contribution in [-0.4, -0.2) is 0 Å². The summed E-state index contributed by atoms with van der Waals surface area (Å²) in [5.74, 6) is 19.8. The standard InChI is InChI=1S/C42H45Cl3S3/c1-4-7-10-13-16-31-19-22-34(46-31)25-28-37-40(43)38(29-26-35-23-20-32(47-35)17-14-11-8-5-2)42(45)39(41(37)44)30-27-36-24-21-33(48-36)18-15-12-9-6-3/h19-24H,4-18H2,1-3H3. The Hall–Kier alpha value is -2.13. The first-order valence-electron chi connectivity index (χ1n) is 17.5. The molecule has 0 aliphatic heterocycles. The first kappa shape index (κ1) is 38.7. The van der Waals surface area contributed by atoms with Crippen LogP contribution in [0.15, 0.2) is 36.4 Å². The highest BCUT2D eigenvalue weighted by Crippen LogP contribution is 2.38. The van der Waals surface area contributed by atoms with Crippen molar-refractivity contribution >= 4 is 68.8 Å². The maximum Gasteiger partial charge on any atom is 0.0775 e. The van der Waals surface area contributed by atoms with E-state index in [1.165, 1.54) is 91.7 Å². The van der Waals surface area contributed by atoms with Crippen molar-refractivity contribution in [1.82, 2.24) is 0 Å². The molecule has 0 aliphatic rings. The van der Waals surface area contributed by atoms with Crippen LogP contribution in [0.3, 0.4) is 0 Å². The van der Waals surface area contributed by atoms with Crippen LogP contribution >= 0.6 is 68.8 Å². The molecule has 0 radical (unpaired) electrons. The minimum atomic E-state index is 0.369. The fraction of sp³-hybridized carbons (Fsp3) is 0.429. The lowest BCUT2D eigenvalue weighted by Crippen LogP contribution is -1.94. The smallest absolute Gasteiger partial charge is 0.0775 e. The zero-order valence-electron chi connectivity index (χ0n) is 28.4. The monoisotopic (exact) mass is 750 g/mol. The summed E-state index contributed by atoms with van der Waals surface area (Å²) < 4.78 is 0. The van der Waals surface area contributed by atoms with Crippen LogP contribution in [0.1, 0.15) is 144 Å². The number of halogens is 3. The SMILES string of the molecule is CCCCCCc1ccc(C#Cc2c(Cl)c(C#Cc3ccc(CCCCCC)s3)c(Cl)c(C#Cc3ccc(CCCCCC)s3)c2Cl)s1. The van der Waals surface area contributed by atoms with Crippen LogP contribution in [0.5, 0.6) is 0 Å². The molecular formula is C42H45Cl3S3. The van der Waals surface area contributed by atoms with E-state index in [0.717, 1.165) is 33.9 Å². The van der Waals surface area contributed by atoms with Gasteiger partial charge in [-0.1, -0.05) is 149 Å². The Kier molecular flexibility index (Phi) is 17.1. The molecule has 3 heterocycles. The predicted molar refractivity (Wildman–Crippen MR) is 216 cm³/mol. The summed E-state index contributed by atoms with van der Waals surface area (Å²) in [6.07, 6.45) is 18.2. The number of hydrogen-bond donors (Lipinski definition) is 0. The van der Waals surface area contributed by atoms with Gasteiger partial charge < -0.3 is 0 Å². The van der Waals surface area contributed by atoms with E-state index in [-0.39, 0.29) is 0 Å². The summed E-state index contributed by atoms with van der Waals surface area (Å²) in [4.78, 5) is 7.00. The van der Waals surface area contributed by atoms with E-state index < -0.39 is 0 Å². The van der Waals surface area contributed by atoms with E-state index in [1.54, 1.807) is 34.0 Å². The molecule has 0 atom stereocenters. The van der Waals surface area contributed by atoms with Crippen LogP contribution in [0.25, 0.3) is 0 Å². The van der Waals surface area contributed by atoms with Crippen molar-refractivity contribution in [2.24, 2.45) is 0 Å². The van der Waals surface area contributed by atoms with Gasteiger partial charge in [-0.15, -0.1) is 34.0 Å². The minimum absolute atomic E-state index is 0.369. The summed E-state index contributed by atoms with van der Waals surface area (Å²) in [6, 6.07) is 12.8. The lowest BCUT2D eigenvalue weighted by molar-refractivity contribution is 0.670. The van der Waals surface area contributed by atoms with Gasteiger partial charge >= 0.3 is 0 Å². The number of thiophene rings is 3. The minimum Gasteiger partial charge on any atom is -0.132 e. The Morgan fingerprint density at radius 2 is 0.688 bits per heavy atom. The van der Waals surface area contributed by atoms with Gasteiger partial charge in [-0.05, 0) is 74.9 Å². The van der Waals surface area contributed by atoms with Gasteiger partial charge in [-0.3, -0.25) is 0 Å². The van der Waals surface area contributed by atoms with E-state index in [1.807, 2.05) is 0 Å². The summed E-state index contributed by atoms with van der Waals surface area (Å²) in [5, 5.41) is 1.11. The predicted octanol–water partition coefficient (Wildman–Crippen LogP) is 14.4. The number of unbranched alkanes of at least 4 members (excludes halogenated alkanes) is 9. The van der Waals surface area contributed by atoms with Crippen molar-refractivity contribution in [1.29, 1.82) is 0 Å². The van der Waals surface area contributed by atoms with Gasteiger partial charge in [0.1, 0.15) is 0 Å². The summed E-state index contributed by atoms with van der Waals surface area (Å²) in [5.41, 5.74) is 1.54. The summed E-state index contributed by atoms with van der Waals surface area (Å²) in [7, 11) is 0.